The fourth-order valence-electron chi connectivity index (χ4n) is 2.89. The molecule has 1 aliphatic rings. The van der Waals surface area contributed by atoms with Crippen LogP contribution in [-0.2, 0) is 11.2 Å². The Morgan fingerprint density at radius 1 is 1.26 bits per heavy atom. The Bertz CT molecular complexity index is 429. The zero-order valence-corrected chi connectivity index (χ0v) is 11.9. The number of aromatic nitrogens is 1. The summed E-state index contributed by atoms with van der Waals surface area (Å²) in [4.78, 5) is 16.0. The van der Waals surface area contributed by atoms with E-state index in [1.54, 1.807) is 6.20 Å². The highest BCUT2D eigenvalue weighted by atomic mass is 16.4. The molecule has 0 amide bonds. The molecule has 1 saturated carbocycles. The van der Waals surface area contributed by atoms with Crippen molar-refractivity contribution in [3.05, 3.63) is 30.1 Å². The Balaban J connectivity index is 2.03. The normalized spacial score (nSPS) is 20.9. The molecule has 1 aromatic heterocycles. The van der Waals surface area contributed by atoms with Gasteiger partial charge in [0.05, 0.1) is 5.41 Å². The van der Waals surface area contributed by atoms with Gasteiger partial charge in [-0.2, -0.15) is 0 Å². The average Bonchev–Trinajstić information content (AvgIpc) is 2.39. The van der Waals surface area contributed by atoms with E-state index < -0.39 is 11.4 Å². The number of nitrogens with zero attached hydrogens (tertiary/aromatic N) is 1. The number of hydrogen-bond acceptors (Lipinski definition) is 2. The van der Waals surface area contributed by atoms with Crippen molar-refractivity contribution in [1.29, 1.82) is 0 Å². The second-order valence-corrected chi connectivity index (χ2v) is 6.57. The van der Waals surface area contributed by atoms with Crippen LogP contribution in [0.4, 0.5) is 0 Å². The van der Waals surface area contributed by atoms with Gasteiger partial charge in [0.2, 0.25) is 0 Å². The topological polar surface area (TPSA) is 50.2 Å². The molecule has 104 valence electrons. The zero-order valence-electron chi connectivity index (χ0n) is 11.9. The Labute approximate surface area is 115 Å². The maximum Gasteiger partial charge on any atom is 0.309 e. The Hall–Kier alpha value is -1.38. The Kier molecular flexibility index (Phi) is 3.93. The van der Waals surface area contributed by atoms with E-state index in [4.69, 9.17) is 0 Å². The minimum Gasteiger partial charge on any atom is -0.481 e. The highest BCUT2D eigenvalue weighted by molar-refractivity contribution is 5.74. The maximum absolute atomic E-state index is 11.7. The van der Waals surface area contributed by atoms with Crippen LogP contribution in [0.3, 0.4) is 0 Å². The first-order valence-corrected chi connectivity index (χ1v) is 7.07. The van der Waals surface area contributed by atoms with Gasteiger partial charge in [-0.25, -0.2) is 0 Å². The van der Waals surface area contributed by atoms with Crippen molar-refractivity contribution in [1.82, 2.24) is 4.98 Å². The van der Waals surface area contributed by atoms with Crippen molar-refractivity contribution in [2.24, 2.45) is 10.8 Å². The summed E-state index contributed by atoms with van der Waals surface area (Å²) in [6.45, 7) is 4.47. The number of aryl methyl sites for hydroxylation is 1. The Morgan fingerprint density at radius 3 is 2.47 bits per heavy atom. The number of pyridine rings is 1. The molecule has 0 aliphatic heterocycles. The first-order chi connectivity index (χ1) is 8.94. The van der Waals surface area contributed by atoms with Crippen molar-refractivity contribution in [2.45, 2.75) is 52.4 Å². The number of aliphatic carboxylic acids is 1. The minimum atomic E-state index is -0.626. The van der Waals surface area contributed by atoms with E-state index in [1.807, 2.05) is 18.2 Å². The lowest BCUT2D eigenvalue weighted by Gasteiger charge is -2.40. The van der Waals surface area contributed by atoms with Crippen molar-refractivity contribution in [2.75, 3.05) is 0 Å². The molecule has 1 aromatic rings. The zero-order chi connectivity index (χ0) is 13.9. The fraction of sp³-hybridized carbons (Fsp3) is 0.625. The third kappa shape index (κ3) is 3.34. The van der Waals surface area contributed by atoms with Crippen LogP contribution in [0.25, 0.3) is 0 Å². The minimum absolute atomic E-state index is 0.296. The third-order valence-corrected chi connectivity index (χ3v) is 4.60. The van der Waals surface area contributed by atoms with E-state index in [9.17, 15) is 9.90 Å². The van der Waals surface area contributed by atoms with Gasteiger partial charge >= 0.3 is 5.97 Å². The van der Waals surface area contributed by atoms with Crippen LogP contribution in [0, 0.1) is 10.8 Å². The molecule has 1 fully saturated rings. The summed E-state index contributed by atoms with van der Waals surface area (Å²) in [6, 6.07) is 5.82. The second kappa shape index (κ2) is 5.32. The first-order valence-electron chi connectivity index (χ1n) is 7.07. The van der Waals surface area contributed by atoms with Gasteiger partial charge in [-0.3, -0.25) is 9.78 Å². The van der Waals surface area contributed by atoms with Crippen LogP contribution in [0.15, 0.2) is 24.4 Å². The van der Waals surface area contributed by atoms with Gasteiger partial charge in [0.15, 0.2) is 0 Å². The van der Waals surface area contributed by atoms with E-state index in [0.29, 0.717) is 11.8 Å². The SMILES string of the molecule is CC1(C)CCC(CCc2ccccn2)(C(=O)O)CC1. The van der Waals surface area contributed by atoms with E-state index in [0.717, 1.165) is 37.8 Å². The number of carbonyl (C=O) groups is 1. The molecule has 1 heterocycles. The van der Waals surface area contributed by atoms with E-state index in [-0.39, 0.29) is 0 Å². The molecule has 0 radical (unpaired) electrons. The summed E-state index contributed by atoms with van der Waals surface area (Å²) >= 11 is 0. The number of rotatable bonds is 4. The molecule has 0 bridgehead atoms. The number of carboxylic acids is 1. The molecule has 1 N–H and O–H groups in total. The molecule has 0 unspecified atom stereocenters. The predicted octanol–water partition coefficient (Wildman–Crippen LogP) is 3.69. The van der Waals surface area contributed by atoms with Gasteiger partial charge in [0, 0.05) is 11.9 Å². The van der Waals surface area contributed by atoms with Crippen molar-refractivity contribution in [3.63, 3.8) is 0 Å². The van der Waals surface area contributed by atoms with E-state index >= 15 is 0 Å². The van der Waals surface area contributed by atoms with Gasteiger partial charge in [0.1, 0.15) is 0 Å². The van der Waals surface area contributed by atoms with Crippen LogP contribution < -0.4 is 0 Å². The van der Waals surface area contributed by atoms with E-state index in [1.165, 1.54) is 0 Å². The predicted molar refractivity (Wildman–Crippen MR) is 74.9 cm³/mol. The summed E-state index contributed by atoms with van der Waals surface area (Å²) in [5.41, 5.74) is 0.754. The maximum atomic E-state index is 11.7. The lowest BCUT2D eigenvalue weighted by atomic mass is 9.63. The summed E-state index contributed by atoms with van der Waals surface area (Å²) in [7, 11) is 0. The fourth-order valence-corrected chi connectivity index (χ4v) is 2.89. The lowest BCUT2D eigenvalue weighted by Crippen LogP contribution is -2.38. The molecular weight excluding hydrogens is 238 g/mol. The van der Waals surface area contributed by atoms with Gasteiger partial charge in [-0.05, 0) is 56.1 Å². The van der Waals surface area contributed by atoms with Gasteiger partial charge in [-0.15, -0.1) is 0 Å². The summed E-state index contributed by atoms with van der Waals surface area (Å²) < 4.78 is 0. The van der Waals surface area contributed by atoms with Gasteiger partial charge in [0.25, 0.3) is 0 Å². The third-order valence-electron chi connectivity index (χ3n) is 4.60. The molecular formula is C16H23NO2. The van der Waals surface area contributed by atoms with Crippen LogP contribution in [0.5, 0.6) is 0 Å². The molecule has 3 nitrogen and oxygen atoms in total. The average molecular weight is 261 g/mol. The van der Waals surface area contributed by atoms with Gasteiger partial charge in [-0.1, -0.05) is 19.9 Å². The highest BCUT2D eigenvalue weighted by Crippen LogP contribution is 2.47. The number of hydrogen-bond donors (Lipinski definition) is 1. The monoisotopic (exact) mass is 261 g/mol. The smallest absolute Gasteiger partial charge is 0.309 e. The standard InChI is InChI=1S/C16H23NO2/c1-15(2)8-10-16(11-9-15,14(18)19)7-6-13-5-3-4-12-17-13/h3-5,12H,6-11H2,1-2H3,(H,18,19). The van der Waals surface area contributed by atoms with Crippen LogP contribution in [-0.4, -0.2) is 16.1 Å². The Morgan fingerprint density at radius 2 is 1.95 bits per heavy atom. The second-order valence-electron chi connectivity index (χ2n) is 6.57. The molecule has 3 heteroatoms. The molecule has 0 aromatic carbocycles. The lowest BCUT2D eigenvalue weighted by molar-refractivity contribution is -0.153. The summed E-state index contributed by atoms with van der Waals surface area (Å²) in [6.07, 6.45) is 6.82. The van der Waals surface area contributed by atoms with Crippen LogP contribution in [0.1, 0.15) is 51.6 Å². The first kappa shape index (κ1) is 14.0. The molecule has 0 saturated heterocycles. The largest absolute Gasteiger partial charge is 0.481 e. The van der Waals surface area contributed by atoms with Crippen molar-refractivity contribution >= 4 is 5.97 Å². The summed E-state index contributed by atoms with van der Waals surface area (Å²) in [5.74, 6) is -0.626. The van der Waals surface area contributed by atoms with Crippen LogP contribution >= 0.6 is 0 Å². The summed E-state index contributed by atoms with van der Waals surface area (Å²) in [5, 5.41) is 9.62. The molecule has 0 spiro atoms. The van der Waals surface area contributed by atoms with Gasteiger partial charge < -0.3 is 5.11 Å². The number of carboxylic acid groups (broad SMARTS) is 1. The highest BCUT2D eigenvalue weighted by Gasteiger charge is 2.43. The molecule has 1 aliphatic carbocycles. The molecule has 2 rings (SSSR count). The quantitative estimate of drug-likeness (QED) is 0.899. The van der Waals surface area contributed by atoms with Crippen molar-refractivity contribution in [3.8, 4) is 0 Å². The van der Waals surface area contributed by atoms with E-state index in [2.05, 4.69) is 18.8 Å². The molecule has 19 heavy (non-hydrogen) atoms. The molecule has 0 atom stereocenters. The van der Waals surface area contributed by atoms with Crippen molar-refractivity contribution < 1.29 is 9.90 Å². The van der Waals surface area contributed by atoms with Crippen LogP contribution in [0.2, 0.25) is 0 Å².